The van der Waals surface area contributed by atoms with Crippen LogP contribution in [0.15, 0.2) is 0 Å². The van der Waals surface area contributed by atoms with E-state index < -0.39 is 0 Å². The van der Waals surface area contributed by atoms with E-state index >= 15 is 0 Å². The lowest BCUT2D eigenvalue weighted by Crippen LogP contribution is -2.49. The van der Waals surface area contributed by atoms with Crippen LogP contribution in [-0.2, 0) is 9.53 Å². The monoisotopic (exact) mass is 170 g/mol. The van der Waals surface area contributed by atoms with Crippen molar-refractivity contribution in [1.82, 2.24) is 0 Å². The summed E-state index contributed by atoms with van der Waals surface area (Å²) in [6.45, 7) is 6.80. The van der Waals surface area contributed by atoms with Crippen molar-refractivity contribution >= 4 is 5.78 Å². The van der Waals surface area contributed by atoms with Crippen LogP contribution >= 0.6 is 0 Å². The van der Waals surface area contributed by atoms with Crippen LogP contribution < -0.4 is 0 Å². The first kappa shape index (κ1) is 9.72. The highest BCUT2D eigenvalue weighted by atomic mass is 16.5. The maximum Gasteiger partial charge on any atom is 0.133 e. The van der Waals surface area contributed by atoms with Gasteiger partial charge in [0.05, 0.1) is 0 Å². The van der Waals surface area contributed by atoms with Crippen molar-refractivity contribution in [3.8, 4) is 0 Å². The maximum absolute atomic E-state index is 11.2. The van der Waals surface area contributed by atoms with E-state index in [4.69, 9.17) is 4.74 Å². The maximum atomic E-state index is 11.2. The average molecular weight is 170 g/mol. The number of ether oxygens (including phenoxy) is 1. The fourth-order valence-electron chi connectivity index (χ4n) is 2.19. The highest BCUT2D eigenvalue weighted by molar-refractivity contribution is 5.80. The van der Waals surface area contributed by atoms with Crippen LogP contribution in [0.25, 0.3) is 0 Å². The van der Waals surface area contributed by atoms with Crippen LogP contribution in [-0.4, -0.2) is 19.5 Å². The van der Waals surface area contributed by atoms with E-state index in [1.807, 2.05) is 0 Å². The van der Waals surface area contributed by atoms with Crippen molar-refractivity contribution < 1.29 is 9.53 Å². The van der Waals surface area contributed by atoms with Gasteiger partial charge in [-0.3, -0.25) is 4.79 Å². The second-order valence-electron chi connectivity index (χ2n) is 4.37. The predicted molar refractivity (Wildman–Crippen MR) is 47.9 cm³/mol. The van der Waals surface area contributed by atoms with Crippen LogP contribution in [0.5, 0.6) is 0 Å². The molecule has 0 radical (unpaired) electrons. The van der Waals surface area contributed by atoms with E-state index in [-0.39, 0.29) is 11.3 Å². The van der Waals surface area contributed by atoms with Crippen molar-refractivity contribution in [1.29, 1.82) is 0 Å². The van der Waals surface area contributed by atoms with Gasteiger partial charge in [-0.05, 0) is 24.7 Å². The zero-order valence-corrected chi connectivity index (χ0v) is 8.39. The van der Waals surface area contributed by atoms with Gasteiger partial charge in [-0.15, -0.1) is 0 Å². The summed E-state index contributed by atoms with van der Waals surface area (Å²) in [6.07, 6.45) is 1.01. The lowest BCUT2D eigenvalue weighted by molar-refractivity contribution is -0.139. The second kappa shape index (κ2) is 3.17. The Hall–Kier alpha value is -0.370. The number of rotatable bonds is 3. The van der Waals surface area contributed by atoms with Gasteiger partial charge in [0.1, 0.15) is 5.78 Å². The molecule has 0 N–H and O–H groups in total. The van der Waals surface area contributed by atoms with Crippen LogP contribution in [0, 0.1) is 17.3 Å². The second-order valence-corrected chi connectivity index (χ2v) is 4.37. The quantitative estimate of drug-likeness (QED) is 0.646. The van der Waals surface area contributed by atoms with E-state index in [2.05, 4.69) is 13.8 Å². The van der Waals surface area contributed by atoms with Gasteiger partial charge in [-0.1, -0.05) is 13.8 Å². The van der Waals surface area contributed by atoms with Crippen LogP contribution in [0.2, 0.25) is 0 Å². The minimum atomic E-state index is 0.155. The first-order valence-electron chi connectivity index (χ1n) is 4.49. The molecule has 0 amide bonds. The molecule has 2 heteroatoms. The van der Waals surface area contributed by atoms with Crippen molar-refractivity contribution in [2.75, 3.05) is 13.7 Å². The summed E-state index contributed by atoms with van der Waals surface area (Å²) < 4.78 is 5.10. The molecule has 0 aliphatic heterocycles. The van der Waals surface area contributed by atoms with Gasteiger partial charge < -0.3 is 4.74 Å². The minimum Gasteiger partial charge on any atom is -0.384 e. The van der Waals surface area contributed by atoms with Crippen molar-refractivity contribution in [3.63, 3.8) is 0 Å². The number of hydrogen-bond donors (Lipinski definition) is 0. The van der Waals surface area contributed by atoms with Crippen LogP contribution in [0.3, 0.4) is 0 Å². The number of ketones is 1. The van der Waals surface area contributed by atoms with Crippen molar-refractivity contribution in [2.24, 2.45) is 17.3 Å². The zero-order chi connectivity index (χ0) is 9.35. The lowest BCUT2D eigenvalue weighted by Gasteiger charge is -2.50. The Labute approximate surface area is 74.3 Å². The number of hydrogen-bond acceptors (Lipinski definition) is 2. The van der Waals surface area contributed by atoms with E-state index in [0.29, 0.717) is 11.7 Å². The summed E-state index contributed by atoms with van der Waals surface area (Å²) in [4.78, 5) is 11.2. The molecule has 0 bridgehead atoms. The zero-order valence-electron chi connectivity index (χ0n) is 8.39. The highest BCUT2D eigenvalue weighted by Gasteiger charge is 2.49. The molecular formula is C10H18O2. The van der Waals surface area contributed by atoms with Gasteiger partial charge >= 0.3 is 0 Å². The SMILES string of the molecule is COC[C@@H]1C[C@H](C(C)=O)C1(C)C. The molecule has 1 fully saturated rings. The molecule has 12 heavy (non-hydrogen) atoms. The first-order chi connectivity index (χ1) is 5.50. The van der Waals surface area contributed by atoms with E-state index in [0.717, 1.165) is 13.0 Å². The first-order valence-corrected chi connectivity index (χ1v) is 4.49. The lowest BCUT2D eigenvalue weighted by atomic mass is 9.54. The minimum absolute atomic E-state index is 0.155. The van der Waals surface area contributed by atoms with E-state index in [1.54, 1.807) is 14.0 Å². The van der Waals surface area contributed by atoms with Crippen LogP contribution in [0.1, 0.15) is 27.2 Å². The fourth-order valence-corrected chi connectivity index (χ4v) is 2.19. The molecule has 0 aromatic rings. The number of Topliss-reactive ketones (excluding diaryl/α,β-unsaturated/α-hetero) is 1. The Kier molecular flexibility index (Phi) is 2.57. The molecule has 0 aromatic carbocycles. The standard InChI is InChI=1S/C10H18O2/c1-7(11)9-5-8(6-12-4)10(9,2)3/h8-9H,5-6H2,1-4H3/t8-,9+/m0/s1. The third kappa shape index (κ3) is 1.40. The Balaban J connectivity index is 2.53. The van der Waals surface area contributed by atoms with Gasteiger partial charge in [-0.2, -0.15) is 0 Å². The smallest absolute Gasteiger partial charge is 0.133 e. The fraction of sp³-hybridized carbons (Fsp3) is 0.900. The molecule has 0 saturated heterocycles. The summed E-state index contributed by atoms with van der Waals surface area (Å²) in [5.41, 5.74) is 0.155. The number of methoxy groups -OCH3 is 1. The summed E-state index contributed by atoms with van der Waals surface area (Å²) in [5.74, 6) is 1.15. The van der Waals surface area contributed by atoms with Gasteiger partial charge in [0.15, 0.2) is 0 Å². The third-order valence-corrected chi connectivity index (χ3v) is 3.33. The molecule has 0 spiro atoms. The van der Waals surface area contributed by atoms with Crippen molar-refractivity contribution in [3.05, 3.63) is 0 Å². The average Bonchev–Trinajstić information content (AvgIpc) is 1.96. The molecule has 1 aliphatic carbocycles. The highest BCUT2D eigenvalue weighted by Crippen LogP contribution is 2.51. The molecular weight excluding hydrogens is 152 g/mol. The van der Waals surface area contributed by atoms with Crippen molar-refractivity contribution in [2.45, 2.75) is 27.2 Å². The third-order valence-electron chi connectivity index (χ3n) is 3.33. The molecule has 1 rings (SSSR count). The van der Waals surface area contributed by atoms with Crippen LogP contribution in [0.4, 0.5) is 0 Å². The molecule has 2 atom stereocenters. The Morgan fingerprint density at radius 2 is 2.17 bits per heavy atom. The molecule has 0 aromatic heterocycles. The molecule has 0 heterocycles. The normalized spacial score (nSPS) is 32.7. The summed E-state index contributed by atoms with van der Waals surface area (Å²) >= 11 is 0. The summed E-state index contributed by atoms with van der Waals surface area (Å²) in [5, 5.41) is 0. The topological polar surface area (TPSA) is 26.3 Å². The van der Waals surface area contributed by atoms with E-state index in [9.17, 15) is 4.79 Å². The Bertz CT molecular complexity index is 184. The van der Waals surface area contributed by atoms with Gasteiger partial charge in [0.2, 0.25) is 0 Å². The van der Waals surface area contributed by atoms with Gasteiger partial charge in [0, 0.05) is 19.6 Å². The molecule has 1 saturated carbocycles. The summed E-state index contributed by atoms with van der Waals surface area (Å²) in [6, 6.07) is 0. The molecule has 70 valence electrons. The van der Waals surface area contributed by atoms with E-state index in [1.165, 1.54) is 0 Å². The Morgan fingerprint density at radius 1 is 1.58 bits per heavy atom. The molecule has 2 nitrogen and oxygen atoms in total. The molecule has 1 aliphatic rings. The molecule has 0 unspecified atom stereocenters. The van der Waals surface area contributed by atoms with Gasteiger partial charge in [-0.25, -0.2) is 0 Å². The van der Waals surface area contributed by atoms with Gasteiger partial charge in [0.25, 0.3) is 0 Å². The predicted octanol–water partition coefficient (Wildman–Crippen LogP) is 1.88. The summed E-state index contributed by atoms with van der Waals surface area (Å²) in [7, 11) is 1.72. The number of carbonyl (C=O) groups is 1. The largest absolute Gasteiger partial charge is 0.384 e. The number of carbonyl (C=O) groups excluding carboxylic acids is 1. The Morgan fingerprint density at radius 3 is 2.50 bits per heavy atom.